The van der Waals surface area contributed by atoms with E-state index in [0.717, 1.165) is 19.4 Å². The Hall–Kier alpha value is -1.07. The zero-order valence-corrected chi connectivity index (χ0v) is 16.8. The molecule has 0 aliphatic carbocycles. The molecule has 0 radical (unpaired) electrons. The van der Waals surface area contributed by atoms with Crippen LogP contribution in [0.25, 0.3) is 0 Å². The van der Waals surface area contributed by atoms with Gasteiger partial charge in [-0.25, -0.2) is 0 Å². The fourth-order valence-electron chi connectivity index (χ4n) is 0.983. The molecule has 8 nitrogen and oxygen atoms in total. The Kier molecular flexibility index (Phi) is 29.9. The van der Waals surface area contributed by atoms with Gasteiger partial charge in [-0.2, -0.15) is 8.42 Å². The van der Waals surface area contributed by atoms with Crippen molar-refractivity contribution < 1.29 is 31.9 Å². The lowest BCUT2D eigenvalue weighted by molar-refractivity contribution is 0.112. The van der Waals surface area contributed by atoms with Gasteiger partial charge in [0.2, 0.25) is 0 Å². The first-order valence-corrected chi connectivity index (χ1v) is 9.86. The predicted octanol–water partition coefficient (Wildman–Crippen LogP) is 0.755. The fraction of sp³-hybridized carbons (Fsp3) is 0.647. The topological polar surface area (TPSA) is 103 Å². The normalized spacial score (nSPS) is 9.96. The Bertz CT molecular complexity index is 400. The predicted molar refractivity (Wildman–Crippen MR) is 105 cm³/mol. The average molecular weight is 398 g/mol. The molecule has 0 saturated carbocycles. The minimum atomic E-state index is -3.32. The third kappa shape index (κ3) is 43.5. The number of nitrogens with one attached hydrogen (secondary N) is 1. The summed E-state index contributed by atoms with van der Waals surface area (Å²) >= 11 is 0. The van der Waals surface area contributed by atoms with E-state index >= 15 is 0 Å². The van der Waals surface area contributed by atoms with Gasteiger partial charge in [-0.15, -0.1) is 19.7 Å². The van der Waals surface area contributed by atoms with Crippen molar-refractivity contribution in [3.05, 3.63) is 38.0 Å². The molecule has 156 valence electrons. The Morgan fingerprint density at radius 2 is 1.35 bits per heavy atom. The molecule has 0 heterocycles. The van der Waals surface area contributed by atoms with E-state index in [1.54, 1.807) is 18.2 Å². The molecule has 0 atom stereocenters. The summed E-state index contributed by atoms with van der Waals surface area (Å²) in [7, 11) is -1.42. The first-order chi connectivity index (χ1) is 12.4. The van der Waals surface area contributed by atoms with E-state index in [1.807, 2.05) is 7.05 Å². The van der Waals surface area contributed by atoms with Crippen LogP contribution < -0.4 is 5.32 Å². The number of rotatable bonds is 15. The Labute approximate surface area is 158 Å². The molecule has 0 amide bonds. The monoisotopic (exact) mass is 397 g/mol. The molecule has 0 unspecified atom stereocenters. The number of hydrogen-bond donors (Lipinski definition) is 2. The van der Waals surface area contributed by atoms with E-state index in [9.17, 15) is 8.42 Å². The number of hydrogen-bond acceptors (Lipinski definition) is 8. The van der Waals surface area contributed by atoms with Crippen molar-refractivity contribution in [2.24, 2.45) is 0 Å². The van der Waals surface area contributed by atoms with Crippen LogP contribution in [0.15, 0.2) is 38.0 Å². The summed E-state index contributed by atoms with van der Waals surface area (Å²) < 4.78 is 39.8. The molecular formula is C17H35NO7S. The van der Waals surface area contributed by atoms with E-state index in [0.29, 0.717) is 26.4 Å². The highest BCUT2D eigenvalue weighted by molar-refractivity contribution is 7.85. The van der Waals surface area contributed by atoms with Gasteiger partial charge in [0.25, 0.3) is 10.1 Å². The molecule has 0 aliphatic heterocycles. The number of likely N-dealkylation sites (N-methyl/N-ethyl adjacent to an activating group) is 1. The SMILES string of the molecule is C=CCOCCNC.C=CCOCCO.C=CCOCCOS(C)(=O)=O. The highest BCUT2D eigenvalue weighted by atomic mass is 32.2. The third-order valence-electron chi connectivity index (χ3n) is 1.96. The average Bonchev–Trinajstić information content (AvgIpc) is 2.59. The van der Waals surface area contributed by atoms with Crippen LogP contribution in [0.4, 0.5) is 0 Å². The summed E-state index contributed by atoms with van der Waals surface area (Å²) in [5.74, 6) is 0. The van der Waals surface area contributed by atoms with Crippen LogP contribution in [0.3, 0.4) is 0 Å². The number of aliphatic hydroxyl groups excluding tert-OH is 1. The quantitative estimate of drug-likeness (QED) is 0.237. The molecule has 2 N–H and O–H groups in total. The first kappa shape index (κ1) is 29.7. The molecule has 0 spiro atoms. The van der Waals surface area contributed by atoms with Crippen LogP contribution in [-0.4, -0.2) is 86.2 Å². The number of aliphatic hydroxyl groups is 1. The zero-order valence-electron chi connectivity index (χ0n) is 16.0. The van der Waals surface area contributed by atoms with Crippen molar-refractivity contribution in [1.29, 1.82) is 0 Å². The summed E-state index contributed by atoms with van der Waals surface area (Å²) in [5, 5.41) is 11.1. The minimum Gasteiger partial charge on any atom is -0.394 e. The largest absolute Gasteiger partial charge is 0.394 e. The molecule has 0 aromatic carbocycles. The van der Waals surface area contributed by atoms with Crippen molar-refractivity contribution in [3.63, 3.8) is 0 Å². The third-order valence-corrected chi connectivity index (χ3v) is 2.56. The van der Waals surface area contributed by atoms with Crippen molar-refractivity contribution >= 4 is 10.1 Å². The second kappa shape index (κ2) is 26.2. The summed E-state index contributed by atoms with van der Waals surface area (Å²) in [6.45, 7) is 14.5. The van der Waals surface area contributed by atoms with Crippen LogP contribution in [0.5, 0.6) is 0 Å². The van der Waals surface area contributed by atoms with Crippen LogP contribution in [0, 0.1) is 0 Å². The van der Waals surface area contributed by atoms with Gasteiger partial charge in [0.1, 0.15) is 0 Å². The van der Waals surface area contributed by atoms with E-state index in [-0.39, 0.29) is 19.8 Å². The van der Waals surface area contributed by atoms with Crippen LogP contribution in [0.1, 0.15) is 0 Å². The van der Waals surface area contributed by atoms with Gasteiger partial charge in [0.15, 0.2) is 0 Å². The fourth-order valence-corrected chi connectivity index (χ4v) is 1.35. The molecule has 0 aromatic rings. The molecule has 0 bridgehead atoms. The van der Waals surface area contributed by atoms with E-state index in [4.69, 9.17) is 19.3 Å². The second-order valence-electron chi connectivity index (χ2n) is 4.44. The van der Waals surface area contributed by atoms with Gasteiger partial charge in [-0.3, -0.25) is 4.18 Å². The minimum absolute atomic E-state index is 0.0622. The summed E-state index contributed by atoms with van der Waals surface area (Å²) in [4.78, 5) is 0. The highest BCUT2D eigenvalue weighted by Crippen LogP contribution is 1.86. The zero-order chi connectivity index (χ0) is 20.5. The van der Waals surface area contributed by atoms with E-state index in [1.165, 1.54) is 0 Å². The molecule has 26 heavy (non-hydrogen) atoms. The summed E-state index contributed by atoms with van der Waals surface area (Å²) in [6.07, 6.45) is 5.98. The molecule has 9 heteroatoms. The maximum Gasteiger partial charge on any atom is 0.264 e. The molecule has 0 aliphatic rings. The molecule has 0 fully saturated rings. The Morgan fingerprint density at radius 3 is 1.73 bits per heavy atom. The Morgan fingerprint density at radius 1 is 0.885 bits per heavy atom. The standard InChI is InChI=1S/C6H13NO.C6H12O4S.C5H10O2/c1-3-5-8-6-4-7-2;1-3-4-9-5-6-10-11(2,7)8;1-2-4-7-5-3-6/h3,7H,1,4-6H2,2H3;3H,1,4-6H2,2H3;2,6H,1,3-5H2. The van der Waals surface area contributed by atoms with E-state index < -0.39 is 10.1 Å². The van der Waals surface area contributed by atoms with Gasteiger partial charge in [0.05, 0.1) is 59.1 Å². The van der Waals surface area contributed by atoms with Crippen molar-refractivity contribution in [3.8, 4) is 0 Å². The highest BCUT2D eigenvalue weighted by Gasteiger charge is 1.99. The lowest BCUT2D eigenvalue weighted by Crippen LogP contribution is -2.13. The lowest BCUT2D eigenvalue weighted by Gasteiger charge is -2.00. The van der Waals surface area contributed by atoms with Crippen molar-refractivity contribution in [2.75, 3.05) is 72.7 Å². The lowest BCUT2D eigenvalue weighted by atomic mass is 10.6. The van der Waals surface area contributed by atoms with Crippen molar-refractivity contribution in [1.82, 2.24) is 5.32 Å². The van der Waals surface area contributed by atoms with Crippen LogP contribution >= 0.6 is 0 Å². The molecular weight excluding hydrogens is 362 g/mol. The van der Waals surface area contributed by atoms with Crippen LogP contribution in [0.2, 0.25) is 0 Å². The van der Waals surface area contributed by atoms with Gasteiger partial charge >= 0.3 is 0 Å². The molecule has 0 saturated heterocycles. The van der Waals surface area contributed by atoms with Gasteiger partial charge in [0, 0.05) is 6.54 Å². The van der Waals surface area contributed by atoms with Crippen molar-refractivity contribution in [2.45, 2.75) is 0 Å². The summed E-state index contributed by atoms with van der Waals surface area (Å²) in [5.41, 5.74) is 0. The number of ether oxygens (including phenoxy) is 3. The molecule has 0 rings (SSSR count). The van der Waals surface area contributed by atoms with Gasteiger partial charge < -0.3 is 24.6 Å². The van der Waals surface area contributed by atoms with Gasteiger partial charge in [-0.1, -0.05) is 18.2 Å². The molecule has 0 aromatic heterocycles. The Balaban J connectivity index is -0.000000315. The maximum absolute atomic E-state index is 10.4. The maximum atomic E-state index is 10.4. The van der Waals surface area contributed by atoms with E-state index in [2.05, 4.69) is 29.2 Å². The second-order valence-corrected chi connectivity index (χ2v) is 6.09. The first-order valence-electron chi connectivity index (χ1n) is 8.05. The van der Waals surface area contributed by atoms with Gasteiger partial charge in [-0.05, 0) is 7.05 Å². The summed E-state index contributed by atoms with van der Waals surface area (Å²) in [6, 6.07) is 0. The smallest absolute Gasteiger partial charge is 0.264 e. The van der Waals surface area contributed by atoms with Crippen LogP contribution in [-0.2, 0) is 28.5 Å².